The van der Waals surface area contributed by atoms with Crippen LogP contribution in [0.15, 0.2) is 65.7 Å². The highest BCUT2D eigenvalue weighted by Crippen LogP contribution is 2.16. The molecule has 0 unspecified atom stereocenters. The number of sulfonamides is 1. The van der Waals surface area contributed by atoms with Crippen LogP contribution in [-0.2, 0) is 14.8 Å². The van der Waals surface area contributed by atoms with Gasteiger partial charge in [-0.3, -0.25) is 9.78 Å². The van der Waals surface area contributed by atoms with Crippen molar-refractivity contribution in [1.29, 1.82) is 0 Å². The standard InChI is InChI=1S/C19H19N3O3S/c1-14-6-8-17(9-7-14)26(24,25)21-11-10-19(23)22-16-12-15-4-2-3-5-18(15)20-13-16/h2-9,12-13,21H,10-11H2,1H3,(H,22,23). The van der Waals surface area contributed by atoms with E-state index in [1.165, 1.54) is 0 Å². The summed E-state index contributed by atoms with van der Waals surface area (Å²) in [6.07, 6.45) is 1.61. The van der Waals surface area contributed by atoms with Crippen LogP contribution in [0.1, 0.15) is 12.0 Å². The Kier molecular flexibility index (Phi) is 5.29. The van der Waals surface area contributed by atoms with Crippen molar-refractivity contribution in [3.8, 4) is 0 Å². The molecule has 0 radical (unpaired) electrons. The number of amides is 1. The lowest BCUT2D eigenvalue weighted by atomic mass is 10.2. The molecule has 134 valence electrons. The number of carbonyl (C=O) groups excluding carboxylic acids is 1. The summed E-state index contributed by atoms with van der Waals surface area (Å²) in [6.45, 7) is 1.90. The number of anilines is 1. The van der Waals surface area contributed by atoms with Gasteiger partial charge in [-0.15, -0.1) is 0 Å². The summed E-state index contributed by atoms with van der Waals surface area (Å²) in [4.78, 5) is 16.5. The van der Waals surface area contributed by atoms with Crippen molar-refractivity contribution in [2.45, 2.75) is 18.2 Å². The van der Waals surface area contributed by atoms with Crippen molar-refractivity contribution in [2.24, 2.45) is 0 Å². The molecule has 0 fully saturated rings. The molecule has 3 rings (SSSR count). The van der Waals surface area contributed by atoms with Crippen molar-refractivity contribution in [2.75, 3.05) is 11.9 Å². The van der Waals surface area contributed by atoms with Crippen LogP contribution in [0.3, 0.4) is 0 Å². The summed E-state index contributed by atoms with van der Waals surface area (Å²) in [7, 11) is -3.62. The van der Waals surface area contributed by atoms with E-state index in [1.807, 2.05) is 37.3 Å². The Morgan fingerprint density at radius 3 is 2.58 bits per heavy atom. The monoisotopic (exact) mass is 369 g/mol. The van der Waals surface area contributed by atoms with Gasteiger partial charge >= 0.3 is 0 Å². The fourth-order valence-corrected chi connectivity index (χ4v) is 3.49. The smallest absolute Gasteiger partial charge is 0.240 e. The Morgan fingerprint density at radius 2 is 1.81 bits per heavy atom. The molecule has 0 aliphatic carbocycles. The Balaban J connectivity index is 1.55. The molecule has 0 aliphatic heterocycles. The van der Waals surface area contributed by atoms with E-state index in [4.69, 9.17) is 0 Å². The lowest BCUT2D eigenvalue weighted by molar-refractivity contribution is -0.116. The van der Waals surface area contributed by atoms with Crippen molar-refractivity contribution >= 4 is 32.5 Å². The minimum atomic E-state index is -3.62. The van der Waals surface area contributed by atoms with E-state index in [2.05, 4.69) is 15.0 Å². The first-order valence-corrected chi connectivity index (χ1v) is 9.63. The topological polar surface area (TPSA) is 88.2 Å². The highest BCUT2D eigenvalue weighted by atomic mass is 32.2. The van der Waals surface area contributed by atoms with Gasteiger partial charge in [0.15, 0.2) is 0 Å². The first-order chi connectivity index (χ1) is 12.4. The van der Waals surface area contributed by atoms with Gasteiger partial charge in [-0.2, -0.15) is 0 Å². The average molecular weight is 369 g/mol. The summed E-state index contributed by atoms with van der Waals surface area (Å²) in [5, 5.41) is 3.65. The van der Waals surface area contributed by atoms with E-state index in [0.29, 0.717) is 5.69 Å². The summed E-state index contributed by atoms with van der Waals surface area (Å²) in [5.74, 6) is -0.284. The quantitative estimate of drug-likeness (QED) is 0.699. The molecule has 0 saturated carbocycles. The Hall–Kier alpha value is -2.77. The third-order valence-electron chi connectivity index (χ3n) is 3.85. The van der Waals surface area contributed by atoms with E-state index < -0.39 is 10.0 Å². The zero-order chi connectivity index (χ0) is 18.6. The average Bonchev–Trinajstić information content (AvgIpc) is 2.62. The SMILES string of the molecule is Cc1ccc(S(=O)(=O)NCCC(=O)Nc2cnc3ccccc3c2)cc1. The van der Waals surface area contributed by atoms with Gasteiger partial charge in [0.25, 0.3) is 0 Å². The Labute approximate surface area is 152 Å². The number of para-hydroxylation sites is 1. The van der Waals surface area contributed by atoms with E-state index in [0.717, 1.165) is 16.5 Å². The van der Waals surface area contributed by atoms with Gasteiger partial charge in [0.05, 0.1) is 22.3 Å². The van der Waals surface area contributed by atoms with E-state index >= 15 is 0 Å². The van der Waals surface area contributed by atoms with Gasteiger partial charge in [0.1, 0.15) is 0 Å². The van der Waals surface area contributed by atoms with Gasteiger partial charge in [0.2, 0.25) is 15.9 Å². The highest BCUT2D eigenvalue weighted by molar-refractivity contribution is 7.89. The minimum absolute atomic E-state index is 0.0169. The normalized spacial score (nSPS) is 11.4. The zero-order valence-corrected chi connectivity index (χ0v) is 15.1. The van der Waals surface area contributed by atoms with Crippen molar-refractivity contribution in [3.05, 3.63) is 66.4 Å². The summed E-state index contributed by atoms with van der Waals surface area (Å²) in [5.41, 5.74) is 2.40. The van der Waals surface area contributed by atoms with Gasteiger partial charge in [-0.25, -0.2) is 13.1 Å². The number of aromatic nitrogens is 1. The number of benzene rings is 2. The van der Waals surface area contributed by atoms with Crippen molar-refractivity contribution < 1.29 is 13.2 Å². The first-order valence-electron chi connectivity index (χ1n) is 8.15. The molecular formula is C19H19N3O3S. The van der Waals surface area contributed by atoms with E-state index in [9.17, 15) is 13.2 Å². The second-order valence-corrected chi connectivity index (χ2v) is 7.69. The molecule has 1 amide bonds. The third-order valence-corrected chi connectivity index (χ3v) is 5.33. The molecule has 2 N–H and O–H groups in total. The van der Waals surface area contributed by atoms with Crippen LogP contribution in [-0.4, -0.2) is 25.9 Å². The third kappa shape index (κ3) is 4.44. The number of nitrogens with one attached hydrogen (secondary N) is 2. The predicted molar refractivity (Wildman–Crippen MR) is 101 cm³/mol. The maximum absolute atomic E-state index is 12.2. The summed E-state index contributed by atoms with van der Waals surface area (Å²) < 4.78 is 26.8. The lowest BCUT2D eigenvalue weighted by Crippen LogP contribution is -2.27. The van der Waals surface area contributed by atoms with Crippen LogP contribution in [0.2, 0.25) is 0 Å². The molecule has 0 aliphatic rings. The lowest BCUT2D eigenvalue weighted by Gasteiger charge is -2.08. The number of nitrogens with zero attached hydrogens (tertiary/aromatic N) is 1. The Morgan fingerprint density at radius 1 is 1.08 bits per heavy atom. The minimum Gasteiger partial charge on any atom is -0.325 e. The summed E-state index contributed by atoms with van der Waals surface area (Å²) >= 11 is 0. The van der Waals surface area contributed by atoms with Gasteiger partial charge < -0.3 is 5.32 Å². The number of hydrogen-bond donors (Lipinski definition) is 2. The zero-order valence-electron chi connectivity index (χ0n) is 14.3. The second-order valence-electron chi connectivity index (χ2n) is 5.93. The molecule has 0 atom stereocenters. The van der Waals surface area contributed by atoms with Gasteiger partial charge in [0, 0.05) is 18.4 Å². The van der Waals surface area contributed by atoms with Crippen molar-refractivity contribution in [1.82, 2.24) is 9.71 Å². The number of pyridine rings is 1. The molecule has 3 aromatic rings. The highest BCUT2D eigenvalue weighted by Gasteiger charge is 2.14. The van der Waals surface area contributed by atoms with Crippen LogP contribution in [0, 0.1) is 6.92 Å². The molecule has 26 heavy (non-hydrogen) atoms. The molecule has 0 bridgehead atoms. The molecule has 2 aromatic carbocycles. The summed E-state index contributed by atoms with van der Waals surface area (Å²) in [6, 6.07) is 16.0. The fraction of sp³-hybridized carbons (Fsp3) is 0.158. The number of rotatable bonds is 6. The van der Waals surface area contributed by atoms with Gasteiger partial charge in [-0.1, -0.05) is 35.9 Å². The molecular weight excluding hydrogens is 350 g/mol. The van der Waals surface area contributed by atoms with Crippen LogP contribution in [0.5, 0.6) is 0 Å². The van der Waals surface area contributed by atoms with Crippen LogP contribution < -0.4 is 10.0 Å². The molecule has 7 heteroatoms. The van der Waals surface area contributed by atoms with Crippen LogP contribution >= 0.6 is 0 Å². The molecule has 1 heterocycles. The van der Waals surface area contributed by atoms with Crippen LogP contribution in [0.4, 0.5) is 5.69 Å². The molecule has 6 nitrogen and oxygen atoms in total. The number of aryl methyl sites for hydroxylation is 1. The first kappa shape index (κ1) is 18.0. The second kappa shape index (κ2) is 7.63. The fourth-order valence-electron chi connectivity index (χ4n) is 2.46. The number of carbonyl (C=O) groups is 1. The maximum atomic E-state index is 12.2. The van der Waals surface area contributed by atoms with E-state index in [-0.39, 0.29) is 23.8 Å². The van der Waals surface area contributed by atoms with Gasteiger partial charge in [-0.05, 0) is 31.2 Å². The molecule has 0 saturated heterocycles. The van der Waals surface area contributed by atoms with Crippen LogP contribution in [0.25, 0.3) is 10.9 Å². The number of hydrogen-bond acceptors (Lipinski definition) is 4. The van der Waals surface area contributed by atoms with E-state index in [1.54, 1.807) is 30.5 Å². The largest absolute Gasteiger partial charge is 0.325 e. The molecule has 1 aromatic heterocycles. The van der Waals surface area contributed by atoms with Crippen molar-refractivity contribution in [3.63, 3.8) is 0 Å². The Bertz CT molecular complexity index is 1030. The predicted octanol–water partition coefficient (Wildman–Crippen LogP) is 2.85. The maximum Gasteiger partial charge on any atom is 0.240 e. The number of fused-ring (bicyclic) bond motifs is 1. The molecule has 0 spiro atoms.